The second-order valence-corrected chi connectivity index (χ2v) is 6.39. The zero-order chi connectivity index (χ0) is 24.0. The van der Waals surface area contributed by atoms with E-state index in [9.17, 15) is 28.4 Å². The van der Waals surface area contributed by atoms with Gasteiger partial charge in [-0.05, 0) is 6.42 Å². The lowest BCUT2D eigenvalue weighted by molar-refractivity contribution is -0.140. The number of amides is 2. The number of anilines is 3. The number of rotatable bonds is 9. The Balaban J connectivity index is 0.00000544. The molecule has 0 radical (unpaired) electrons. The Labute approximate surface area is 188 Å². The maximum absolute atomic E-state index is 14.3. The zero-order valence-electron chi connectivity index (χ0n) is 17.2. The van der Waals surface area contributed by atoms with Crippen LogP contribution in [0.3, 0.4) is 0 Å². The lowest BCUT2D eigenvalue weighted by Gasteiger charge is -2.14. The Morgan fingerprint density at radius 2 is 1.82 bits per heavy atom. The molecule has 0 aromatic carbocycles. The Morgan fingerprint density at radius 1 is 1.18 bits per heavy atom. The summed E-state index contributed by atoms with van der Waals surface area (Å²) in [7, 11) is 0. The molecule has 2 rings (SSSR count). The normalized spacial score (nSPS) is 10.7. The summed E-state index contributed by atoms with van der Waals surface area (Å²) in [6.45, 7) is 0. The third kappa shape index (κ3) is 7.80. The minimum atomic E-state index is -1.57. The molecule has 0 spiro atoms. The van der Waals surface area contributed by atoms with Gasteiger partial charge < -0.3 is 43.3 Å². The first-order valence-corrected chi connectivity index (χ1v) is 8.83. The number of hydrogen-bond donors (Lipinski definition) is 7. The summed E-state index contributed by atoms with van der Waals surface area (Å²) < 4.78 is 14.3. The standard InChI is InChI=1S/C17H18FN7O7.2H2O/c18-8-3-6(22-10(26)4-7-13(19)24-17(20)25-14(7)29)5-21-12(8)15(30)23-9(16(31)32)1-2-11(27)28;;/h3,5,9H,1-2,4H2,(H,22,26)(H,23,30)(H,27,28)(H,31,32)(H5,19,20,24,25,29);2*1H2/t9-;;/m0../s1. The fourth-order valence-electron chi connectivity index (χ4n) is 2.50. The number of carboxylic acid groups (broad SMARTS) is 2. The molecule has 2 heterocycles. The Bertz CT molecular complexity index is 1140. The van der Waals surface area contributed by atoms with E-state index >= 15 is 0 Å². The summed E-state index contributed by atoms with van der Waals surface area (Å²) >= 11 is 0. The number of H-pyrrole nitrogens is 1. The summed E-state index contributed by atoms with van der Waals surface area (Å²) in [5.74, 6) is -6.41. The molecule has 0 fully saturated rings. The number of nitrogens with one attached hydrogen (secondary N) is 3. The summed E-state index contributed by atoms with van der Waals surface area (Å²) in [4.78, 5) is 67.2. The molecule has 0 saturated carbocycles. The summed E-state index contributed by atoms with van der Waals surface area (Å²) in [6.07, 6.45) is -0.538. The van der Waals surface area contributed by atoms with Crippen molar-refractivity contribution in [2.75, 3.05) is 16.8 Å². The van der Waals surface area contributed by atoms with E-state index in [1.165, 1.54) is 0 Å². The van der Waals surface area contributed by atoms with E-state index in [0.717, 1.165) is 12.3 Å². The van der Waals surface area contributed by atoms with Gasteiger partial charge in [0.25, 0.3) is 11.5 Å². The molecule has 0 bridgehead atoms. The highest BCUT2D eigenvalue weighted by molar-refractivity contribution is 5.96. The molecule has 1 atom stereocenters. The number of carbonyl (C=O) groups is 4. The number of aromatic nitrogens is 3. The molecule has 0 aliphatic rings. The van der Waals surface area contributed by atoms with E-state index in [-0.39, 0.29) is 34.0 Å². The minimum absolute atomic E-state index is 0. The van der Waals surface area contributed by atoms with E-state index in [0.29, 0.717) is 0 Å². The molecule has 17 heteroatoms. The first-order valence-electron chi connectivity index (χ1n) is 8.83. The van der Waals surface area contributed by atoms with Gasteiger partial charge in [0.2, 0.25) is 11.9 Å². The van der Waals surface area contributed by atoms with Crippen LogP contribution < -0.4 is 27.7 Å². The van der Waals surface area contributed by atoms with Crippen molar-refractivity contribution in [3.05, 3.63) is 39.7 Å². The number of carbonyl (C=O) groups excluding carboxylic acids is 2. The van der Waals surface area contributed by atoms with Gasteiger partial charge >= 0.3 is 11.9 Å². The van der Waals surface area contributed by atoms with Gasteiger partial charge in [-0.2, -0.15) is 4.98 Å². The van der Waals surface area contributed by atoms with Gasteiger partial charge in [0, 0.05) is 12.5 Å². The van der Waals surface area contributed by atoms with Crippen LogP contribution in [-0.4, -0.2) is 65.9 Å². The number of aromatic amines is 1. The fourth-order valence-corrected chi connectivity index (χ4v) is 2.50. The first kappa shape index (κ1) is 29.4. The molecule has 2 amide bonds. The van der Waals surface area contributed by atoms with Crippen molar-refractivity contribution < 1.29 is 44.7 Å². The molecule has 16 nitrogen and oxygen atoms in total. The van der Waals surface area contributed by atoms with Gasteiger partial charge in [-0.25, -0.2) is 14.2 Å². The number of nitrogens with zero attached hydrogens (tertiary/aromatic N) is 2. The third-order valence-electron chi connectivity index (χ3n) is 3.99. The van der Waals surface area contributed by atoms with Crippen LogP contribution in [0.25, 0.3) is 0 Å². The van der Waals surface area contributed by atoms with Crippen molar-refractivity contribution >= 4 is 41.2 Å². The van der Waals surface area contributed by atoms with Gasteiger partial charge in [0.15, 0.2) is 11.5 Å². The van der Waals surface area contributed by atoms with E-state index in [4.69, 9.17) is 21.7 Å². The number of hydrogen-bond acceptors (Lipinski definition) is 9. The maximum atomic E-state index is 14.3. The third-order valence-corrected chi connectivity index (χ3v) is 3.99. The highest BCUT2D eigenvalue weighted by Crippen LogP contribution is 2.13. The van der Waals surface area contributed by atoms with E-state index in [1.807, 2.05) is 5.32 Å². The van der Waals surface area contributed by atoms with Gasteiger partial charge in [-0.1, -0.05) is 0 Å². The number of nitrogen functional groups attached to an aromatic ring is 2. The van der Waals surface area contributed by atoms with Crippen LogP contribution in [-0.2, 0) is 20.8 Å². The van der Waals surface area contributed by atoms with E-state index in [2.05, 4.69) is 20.3 Å². The maximum Gasteiger partial charge on any atom is 0.326 e. The molecule has 186 valence electrons. The van der Waals surface area contributed by atoms with Gasteiger partial charge in [-0.15, -0.1) is 0 Å². The predicted molar refractivity (Wildman–Crippen MR) is 113 cm³/mol. The van der Waals surface area contributed by atoms with Crippen LogP contribution in [0, 0.1) is 5.82 Å². The number of carboxylic acids is 2. The molecule has 0 unspecified atom stereocenters. The molecule has 0 aliphatic heterocycles. The Kier molecular flexibility index (Phi) is 10.7. The van der Waals surface area contributed by atoms with Crippen molar-refractivity contribution in [3.63, 3.8) is 0 Å². The van der Waals surface area contributed by atoms with Crippen LogP contribution in [0.4, 0.5) is 21.8 Å². The van der Waals surface area contributed by atoms with Crippen molar-refractivity contribution in [3.8, 4) is 0 Å². The lowest BCUT2D eigenvalue weighted by Crippen LogP contribution is -2.41. The summed E-state index contributed by atoms with van der Waals surface area (Å²) in [6, 6.07) is -0.821. The molecule has 13 N–H and O–H groups in total. The highest BCUT2D eigenvalue weighted by atomic mass is 19.1. The van der Waals surface area contributed by atoms with Crippen LogP contribution in [0.2, 0.25) is 0 Å². The summed E-state index contributed by atoms with van der Waals surface area (Å²) in [5.41, 5.74) is 9.06. The quantitative estimate of drug-likeness (QED) is 0.187. The first-order chi connectivity index (χ1) is 15.0. The molecule has 34 heavy (non-hydrogen) atoms. The number of halogens is 1. The SMILES string of the molecule is Nc1nc(N)c(CC(=O)Nc2cnc(C(=O)N[C@@H](CCC(=O)O)C(=O)O)c(F)c2)c(=O)[nH]1.O.O. The lowest BCUT2D eigenvalue weighted by atomic mass is 10.1. The number of nitrogens with two attached hydrogens (primary N) is 2. The molecule has 0 aliphatic carbocycles. The van der Waals surface area contributed by atoms with E-state index < -0.39 is 66.1 Å². The minimum Gasteiger partial charge on any atom is -0.481 e. The number of aliphatic carboxylic acids is 2. The Morgan fingerprint density at radius 3 is 2.35 bits per heavy atom. The van der Waals surface area contributed by atoms with Crippen LogP contribution in [0.5, 0.6) is 0 Å². The van der Waals surface area contributed by atoms with Crippen molar-refractivity contribution in [2.24, 2.45) is 0 Å². The summed E-state index contributed by atoms with van der Waals surface area (Å²) in [5, 5.41) is 21.9. The second-order valence-electron chi connectivity index (χ2n) is 6.39. The molecular formula is C17H22FN7O9. The topological polar surface area (TPSA) is 306 Å². The molecular weight excluding hydrogens is 465 g/mol. The monoisotopic (exact) mass is 487 g/mol. The van der Waals surface area contributed by atoms with E-state index in [1.54, 1.807) is 0 Å². The van der Waals surface area contributed by atoms with Crippen LogP contribution >= 0.6 is 0 Å². The second kappa shape index (κ2) is 12.4. The fraction of sp³-hybridized carbons (Fsp3) is 0.235. The smallest absolute Gasteiger partial charge is 0.326 e. The Hall–Kier alpha value is -4.64. The predicted octanol–water partition coefficient (Wildman–Crippen LogP) is -2.95. The molecule has 0 saturated heterocycles. The average molecular weight is 487 g/mol. The van der Waals surface area contributed by atoms with Crippen LogP contribution in [0.1, 0.15) is 28.9 Å². The van der Waals surface area contributed by atoms with Crippen molar-refractivity contribution in [1.82, 2.24) is 20.3 Å². The number of pyridine rings is 1. The van der Waals surface area contributed by atoms with Gasteiger partial charge in [0.05, 0.1) is 23.9 Å². The average Bonchev–Trinajstić information content (AvgIpc) is 2.67. The zero-order valence-corrected chi connectivity index (χ0v) is 17.2. The van der Waals surface area contributed by atoms with Crippen molar-refractivity contribution in [1.29, 1.82) is 0 Å². The molecule has 2 aromatic rings. The molecule has 2 aromatic heterocycles. The largest absolute Gasteiger partial charge is 0.481 e. The van der Waals surface area contributed by atoms with Gasteiger partial charge in [-0.3, -0.25) is 24.2 Å². The highest BCUT2D eigenvalue weighted by Gasteiger charge is 2.24. The van der Waals surface area contributed by atoms with Gasteiger partial charge in [0.1, 0.15) is 11.9 Å². The van der Waals surface area contributed by atoms with Crippen molar-refractivity contribution in [2.45, 2.75) is 25.3 Å². The van der Waals surface area contributed by atoms with Crippen LogP contribution in [0.15, 0.2) is 17.1 Å².